The van der Waals surface area contributed by atoms with Gasteiger partial charge in [-0.15, -0.1) is 0 Å². The van der Waals surface area contributed by atoms with Crippen LogP contribution >= 0.6 is 0 Å². The van der Waals surface area contributed by atoms with E-state index in [1.807, 2.05) is 6.07 Å². The zero-order valence-corrected chi connectivity index (χ0v) is 20.9. The number of pyridine rings is 1. The lowest BCUT2D eigenvalue weighted by Crippen LogP contribution is -2.71. The summed E-state index contributed by atoms with van der Waals surface area (Å²) in [7, 11) is 0. The van der Waals surface area contributed by atoms with Crippen molar-refractivity contribution in [1.82, 2.24) is 4.98 Å². The molecule has 0 atom stereocenters. The lowest BCUT2D eigenvalue weighted by Gasteiger charge is -2.65. The maximum absolute atomic E-state index is 14.4. The summed E-state index contributed by atoms with van der Waals surface area (Å²) in [6.07, 6.45) is 2.10. The standard InChI is InChI=1S/C28H30F4N4O2/c29-27-14-26(15-27,16-27)23(37)36(20-3-1-2-18(12-20)22(33)35-38)17-24-6-9-25(10-7-24,11-8-24)21-5-4-19(13-34-21)28(30,31)32/h1-5,12-13,38H,6-11,14-17H2,(H2,33,35). The Morgan fingerprint density at radius 1 is 1.05 bits per heavy atom. The van der Waals surface area contributed by atoms with Crippen molar-refractivity contribution in [1.29, 1.82) is 0 Å². The van der Waals surface area contributed by atoms with Crippen molar-refractivity contribution in [3.63, 3.8) is 0 Å². The predicted octanol–water partition coefficient (Wildman–Crippen LogP) is 5.71. The molecule has 4 bridgehead atoms. The Kier molecular flexibility index (Phi) is 5.40. The normalized spacial score (nSPS) is 33.8. The van der Waals surface area contributed by atoms with Gasteiger partial charge in [-0.2, -0.15) is 13.2 Å². The second-order valence-electron chi connectivity index (χ2n) is 12.1. The number of carbonyl (C=O) groups is 1. The molecule has 202 valence electrons. The molecule has 6 fully saturated rings. The second kappa shape index (κ2) is 8.16. The third-order valence-corrected chi connectivity index (χ3v) is 9.76. The van der Waals surface area contributed by atoms with Crippen LogP contribution in [0.1, 0.15) is 74.6 Å². The van der Waals surface area contributed by atoms with E-state index in [1.165, 1.54) is 6.07 Å². The van der Waals surface area contributed by atoms with E-state index in [1.54, 1.807) is 23.1 Å². The summed E-state index contributed by atoms with van der Waals surface area (Å²) in [5.74, 6) is -0.135. The van der Waals surface area contributed by atoms with Crippen LogP contribution in [0.4, 0.5) is 23.2 Å². The zero-order chi connectivity index (χ0) is 27.0. The summed E-state index contributed by atoms with van der Waals surface area (Å²) < 4.78 is 53.5. The molecule has 38 heavy (non-hydrogen) atoms. The molecule has 2 aromatic rings. The van der Waals surface area contributed by atoms with Gasteiger partial charge in [-0.25, -0.2) is 4.39 Å². The van der Waals surface area contributed by atoms with Crippen molar-refractivity contribution in [2.24, 2.45) is 21.7 Å². The smallest absolute Gasteiger partial charge is 0.409 e. The highest BCUT2D eigenvalue weighted by molar-refractivity contribution is 6.02. The Morgan fingerprint density at radius 3 is 2.24 bits per heavy atom. The number of amides is 1. The van der Waals surface area contributed by atoms with Gasteiger partial charge in [0.2, 0.25) is 5.91 Å². The zero-order valence-electron chi connectivity index (χ0n) is 20.9. The van der Waals surface area contributed by atoms with E-state index in [0.29, 0.717) is 23.5 Å². The number of oxime groups is 1. The average Bonchev–Trinajstić information content (AvgIpc) is 2.89. The van der Waals surface area contributed by atoms with E-state index < -0.39 is 22.8 Å². The fourth-order valence-electron chi connectivity index (χ4n) is 7.44. The Bertz CT molecular complexity index is 1260. The highest BCUT2D eigenvalue weighted by Crippen LogP contribution is 2.70. The highest BCUT2D eigenvalue weighted by Gasteiger charge is 2.73. The minimum absolute atomic E-state index is 0.0604. The third kappa shape index (κ3) is 3.86. The largest absolute Gasteiger partial charge is 0.417 e. The van der Waals surface area contributed by atoms with Gasteiger partial charge in [0.05, 0.1) is 11.0 Å². The molecule has 0 aliphatic heterocycles. The first-order valence-electron chi connectivity index (χ1n) is 13.0. The van der Waals surface area contributed by atoms with Crippen molar-refractivity contribution in [2.45, 2.75) is 75.0 Å². The molecule has 3 N–H and O–H groups in total. The molecule has 0 spiro atoms. The molecule has 1 aromatic carbocycles. The van der Waals surface area contributed by atoms with Crippen LogP contribution in [0.3, 0.4) is 0 Å². The maximum atomic E-state index is 14.4. The molecule has 1 heterocycles. The van der Waals surface area contributed by atoms with Gasteiger partial charge in [-0.3, -0.25) is 9.78 Å². The molecule has 8 rings (SSSR count). The van der Waals surface area contributed by atoms with Gasteiger partial charge in [-0.05, 0) is 87.5 Å². The van der Waals surface area contributed by atoms with Gasteiger partial charge in [0.15, 0.2) is 5.84 Å². The van der Waals surface area contributed by atoms with Crippen LogP contribution in [0.25, 0.3) is 0 Å². The quantitative estimate of drug-likeness (QED) is 0.165. The number of amidine groups is 1. The van der Waals surface area contributed by atoms with Gasteiger partial charge < -0.3 is 15.8 Å². The molecule has 0 unspecified atom stereocenters. The summed E-state index contributed by atoms with van der Waals surface area (Å²) in [6, 6.07) is 9.63. The van der Waals surface area contributed by atoms with E-state index in [4.69, 9.17) is 10.9 Å². The number of hydrogen-bond donors (Lipinski definition) is 2. The molecule has 10 heteroatoms. The van der Waals surface area contributed by atoms with E-state index in [0.717, 1.165) is 50.8 Å². The van der Waals surface area contributed by atoms with Gasteiger partial charge >= 0.3 is 6.18 Å². The average molecular weight is 531 g/mol. The SMILES string of the molecule is N/C(=N\O)c1cccc(N(CC23CCC(c4ccc(C(F)(F)F)cn4)(CC2)CC3)C(=O)C23CC(F)(C2)C3)c1. The number of alkyl halides is 4. The van der Waals surface area contributed by atoms with E-state index in [-0.39, 0.29) is 41.8 Å². The Hall–Kier alpha value is -3.17. The third-order valence-electron chi connectivity index (χ3n) is 9.76. The first-order chi connectivity index (χ1) is 17.9. The van der Waals surface area contributed by atoms with E-state index >= 15 is 0 Å². The minimum Gasteiger partial charge on any atom is -0.409 e. The van der Waals surface area contributed by atoms with Gasteiger partial charge in [0.25, 0.3) is 0 Å². The van der Waals surface area contributed by atoms with Crippen molar-refractivity contribution in [2.75, 3.05) is 11.4 Å². The van der Waals surface area contributed by atoms with E-state index in [2.05, 4.69) is 10.1 Å². The number of nitrogens with zero attached hydrogens (tertiary/aromatic N) is 3. The van der Waals surface area contributed by atoms with E-state index in [9.17, 15) is 22.4 Å². The molecular formula is C28H30F4N4O2. The number of aromatic nitrogens is 1. The van der Waals surface area contributed by atoms with Crippen LogP contribution in [0, 0.1) is 10.8 Å². The molecule has 6 aliphatic carbocycles. The number of benzene rings is 1. The topological polar surface area (TPSA) is 91.8 Å². The lowest BCUT2D eigenvalue weighted by molar-refractivity contribution is -0.211. The van der Waals surface area contributed by atoms with Crippen LogP contribution in [0.5, 0.6) is 0 Å². The first kappa shape index (κ1) is 25.1. The Labute approximate surface area is 217 Å². The highest BCUT2D eigenvalue weighted by atomic mass is 19.4. The number of carbonyl (C=O) groups excluding carboxylic acids is 1. The lowest BCUT2D eigenvalue weighted by atomic mass is 9.41. The van der Waals surface area contributed by atoms with Crippen molar-refractivity contribution < 1.29 is 27.6 Å². The number of fused-ring (bicyclic) bond motifs is 3. The number of halogens is 4. The molecule has 0 radical (unpaired) electrons. The molecule has 6 nitrogen and oxygen atoms in total. The van der Waals surface area contributed by atoms with Crippen LogP contribution < -0.4 is 10.6 Å². The fourth-order valence-corrected chi connectivity index (χ4v) is 7.44. The minimum atomic E-state index is -4.42. The molecule has 1 aromatic heterocycles. The summed E-state index contributed by atoms with van der Waals surface area (Å²) in [5, 5.41) is 12.2. The monoisotopic (exact) mass is 530 g/mol. The summed E-state index contributed by atoms with van der Waals surface area (Å²) >= 11 is 0. The van der Waals surface area contributed by atoms with Gasteiger partial charge in [0, 0.05) is 35.1 Å². The number of hydrogen-bond acceptors (Lipinski definition) is 4. The van der Waals surface area contributed by atoms with Gasteiger partial charge in [0.1, 0.15) is 5.67 Å². The van der Waals surface area contributed by atoms with Crippen molar-refractivity contribution >= 4 is 17.4 Å². The number of anilines is 1. The Balaban J connectivity index is 1.25. The fraction of sp³-hybridized carbons (Fsp3) is 0.536. The van der Waals surface area contributed by atoms with Crippen molar-refractivity contribution in [3.8, 4) is 0 Å². The van der Waals surface area contributed by atoms with Crippen LogP contribution in [-0.4, -0.2) is 34.1 Å². The molecule has 6 saturated carbocycles. The van der Waals surface area contributed by atoms with Crippen molar-refractivity contribution in [3.05, 3.63) is 59.4 Å². The van der Waals surface area contributed by atoms with Crippen LogP contribution in [0.15, 0.2) is 47.8 Å². The first-order valence-corrected chi connectivity index (χ1v) is 13.0. The maximum Gasteiger partial charge on any atom is 0.417 e. The number of rotatable bonds is 6. The summed E-state index contributed by atoms with van der Waals surface area (Å²) in [4.78, 5) is 19.9. The molecule has 6 aliphatic rings. The Morgan fingerprint density at radius 2 is 1.71 bits per heavy atom. The molecule has 0 saturated heterocycles. The summed E-state index contributed by atoms with van der Waals surface area (Å²) in [6.45, 7) is 0.475. The van der Waals surface area contributed by atoms with Gasteiger partial charge in [-0.1, -0.05) is 17.3 Å². The molecular weight excluding hydrogens is 500 g/mol. The predicted molar refractivity (Wildman–Crippen MR) is 132 cm³/mol. The molecule has 1 amide bonds. The van der Waals surface area contributed by atoms with Crippen LogP contribution in [0.2, 0.25) is 0 Å². The van der Waals surface area contributed by atoms with Crippen LogP contribution in [-0.2, 0) is 16.4 Å². The summed E-state index contributed by atoms with van der Waals surface area (Å²) in [5.41, 5.74) is 4.64. The second-order valence-corrected chi connectivity index (χ2v) is 12.1. The number of nitrogens with two attached hydrogens (primary N) is 1.